The molecule has 1 aromatic rings. The van der Waals surface area contributed by atoms with Crippen molar-refractivity contribution in [2.45, 2.75) is 45.6 Å². The first-order valence-electron chi connectivity index (χ1n) is 7.17. The summed E-state index contributed by atoms with van der Waals surface area (Å²) < 4.78 is 14.1. The normalized spacial score (nSPS) is 18.4. The van der Waals surface area contributed by atoms with Gasteiger partial charge in [0.2, 0.25) is 0 Å². The van der Waals surface area contributed by atoms with Crippen molar-refractivity contribution in [2.24, 2.45) is 5.92 Å². The number of amides is 1. The molecule has 0 radical (unpaired) electrons. The second kappa shape index (κ2) is 5.84. The zero-order valence-corrected chi connectivity index (χ0v) is 12.4. The van der Waals surface area contributed by atoms with E-state index in [1.807, 2.05) is 6.92 Å². The molecular formula is C16H20FNO3. The summed E-state index contributed by atoms with van der Waals surface area (Å²) in [5.41, 5.74) is 1.85. The number of carboxylic acid groups (broad SMARTS) is 1. The van der Waals surface area contributed by atoms with E-state index < -0.39 is 23.7 Å². The summed E-state index contributed by atoms with van der Waals surface area (Å²) in [6, 6.07) is 1.94. The van der Waals surface area contributed by atoms with Crippen LogP contribution in [0.5, 0.6) is 0 Å². The Kier molecular flexibility index (Phi) is 4.30. The maximum atomic E-state index is 14.1. The van der Waals surface area contributed by atoms with Crippen LogP contribution in [0.25, 0.3) is 0 Å². The number of halogens is 1. The van der Waals surface area contributed by atoms with E-state index in [9.17, 15) is 14.0 Å². The highest BCUT2D eigenvalue weighted by atomic mass is 19.1. The Morgan fingerprint density at radius 2 is 2.05 bits per heavy atom. The van der Waals surface area contributed by atoms with Crippen molar-refractivity contribution in [3.05, 3.63) is 34.6 Å². The molecule has 1 aliphatic carbocycles. The molecule has 0 saturated carbocycles. The summed E-state index contributed by atoms with van der Waals surface area (Å²) in [6.45, 7) is 5.43. The zero-order valence-electron chi connectivity index (χ0n) is 12.4. The van der Waals surface area contributed by atoms with Crippen LogP contribution in [0.3, 0.4) is 0 Å². The molecule has 1 aromatic carbocycles. The number of nitrogens with one attached hydrogen (secondary N) is 1. The number of aliphatic carboxylic acids is 1. The monoisotopic (exact) mass is 293 g/mol. The Hall–Kier alpha value is -1.91. The average molecular weight is 293 g/mol. The lowest BCUT2D eigenvalue weighted by Crippen LogP contribution is -2.44. The lowest BCUT2D eigenvalue weighted by atomic mass is 9.99. The number of carbonyl (C=O) groups excluding carboxylic acids is 1. The summed E-state index contributed by atoms with van der Waals surface area (Å²) in [5, 5.41) is 11.5. The summed E-state index contributed by atoms with van der Waals surface area (Å²) in [6.07, 6.45) is 1.77. The molecule has 5 heteroatoms. The number of carboxylic acids is 1. The van der Waals surface area contributed by atoms with Crippen LogP contribution in [0, 0.1) is 11.7 Å². The van der Waals surface area contributed by atoms with Crippen molar-refractivity contribution in [1.82, 2.24) is 5.32 Å². The fourth-order valence-electron chi connectivity index (χ4n) is 2.74. The van der Waals surface area contributed by atoms with E-state index in [4.69, 9.17) is 5.11 Å². The molecule has 1 aliphatic rings. The Morgan fingerprint density at radius 1 is 1.38 bits per heavy atom. The summed E-state index contributed by atoms with van der Waals surface area (Å²) >= 11 is 0. The number of rotatable bonds is 4. The SMILES string of the molecule is CC1CCc2cc(F)c(C(=O)N[C@@H](C(=O)O)C(C)C)cc21. The number of hydrogen-bond acceptors (Lipinski definition) is 2. The topological polar surface area (TPSA) is 66.4 Å². The first kappa shape index (κ1) is 15.5. The quantitative estimate of drug-likeness (QED) is 0.897. The summed E-state index contributed by atoms with van der Waals surface area (Å²) in [5.74, 6) is -2.35. The molecule has 114 valence electrons. The second-order valence-corrected chi connectivity index (χ2v) is 6.00. The minimum atomic E-state index is -1.12. The number of aryl methyl sites for hydroxylation is 1. The zero-order chi connectivity index (χ0) is 15.7. The molecule has 0 aliphatic heterocycles. The van der Waals surface area contributed by atoms with Crippen molar-refractivity contribution < 1.29 is 19.1 Å². The third kappa shape index (κ3) is 3.06. The van der Waals surface area contributed by atoms with Crippen LogP contribution < -0.4 is 5.32 Å². The standard InChI is InChI=1S/C16H20FNO3/c1-8(2)14(16(20)21)18-15(19)12-7-11-9(3)4-5-10(11)6-13(12)17/h6-9,14H,4-5H2,1-3H3,(H,18,19)(H,20,21)/t9?,14-/m1/s1. The summed E-state index contributed by atoms with van der Waals surface area (Å²) in [4.78, 5) is 23.3. The van der Waals surface area contributed by atoms with Gasteiger partial charge < -0.3 is 10.4 Å². The van der Waals surface area contributed by atoms with Crippen LogP contribution in [0.15, 0.2) is 12.1 Å². The van der Waals surface area contributed by atoms with Gasteiger partial charge in [0.1, 0.15) is 11.9 Å². The molecule has 1 amide bonds. The van der Waals surface area contributed by atoms with Gasteiger partial charge in [0.05, 0.1) is 5.56 Å². The fourth-order valence-corrected chi connectivity index (χ4v) is 2.74. The van der Waals surface area contributed by atoms with Crippen molar-refractivity contribution in [1.29, 1.82) is 0 Å². The van der Waals surface area contributed by atoms with Gasteiger partial charge in [-0.05, 0) is 47.9 Å². The maximum absolute atomic E-state index is 14.1. The van der Waals surface area contributed by atoms with Gasteiger partial charge in [0.15, 0.2) is 0 Å². The Bertz CT molecular complexity index is 583. The van der Waals surface area contributed by atoms with Gasteiger partial charge in [-0.1, -0.05) is 20.8 Å². The average Bonchev–Trinajstić information content (AvgIpc) is 2.74. The van der Waals surface area contributed by atoms with Gasteiger partial charge in [0.25, 0.3) is 5.91 Å². The highest BCUT2D eigenvalue weighted by Gasteiger charge is 2.27. The predicted octanol–water partition coefficient (Wildman–Crippen LogP) is 2.71. The Labute approximate surface area is 123 Å². The molecule has 2 N–H and O–H groups in total. The van der Waals surface area contributed by atoms with E-state index in [1.165, 1.54) is 6.07 Å². The smallest absolute Gasteiger partial charge is 0.326 e. The van der Waals surface area contributed by atoms with Crippen LogP contribution in [0.4, 0.5) is 4.39 Å². The second-order valence-electron chi connectivity index (χ2n) is 6.00. The molecule has 4 nitrogen and oxygen atoms in total. The minimum Gasteiger partial charge on any atom is -0.480 e. The van der Waals surface area contributed by atoms with E-state index in [1.54, 1.807) is 19.9 Å². The van der Waals surface area contributed by atoms with Gasteiger partial charge in [-0.15, -0.1) is 0 Å². The van der Waals surface area contributed by atoms with E-state index in [0.29, 0.717) is 5.92 Å². The van der Waals surface area contributed by atoms with E-state index in [0.717, 1.165) is 24.0 Å². The number of benzene rings is 1. The van der Waals surface area contributed by atoms with Crippen LogP contribution >= 0.6 is 0 Å². The number of carbonyl (C=O) groups is 2. The molecule has 1 unspecified atom stereocenters. The third-order valence-electron chi connectivity index (χ3n) is 4.07. The molecule has 2 atom stereocenters. The molecule has 21 heavy (non-hydrogen) atoms. The van der Waals surface area contributed by atoms with Crippen LogP contribution in [-0.4, -0.2) is 23.0 Å². The first-order chi connectivity index (χ1) is 9.81. The van der Waals surface area contributed by atoms with Crippen molar-refractivity contribution in [2.75, 3.05) is 0 Å². The number of hydrogen-bond donors (Lipinski definition) is 2. The molecule has 0 saturated heterocycles. The lowest BCUT2D eigenvalue weighted by Gasteiger charge is -2.18. The minimum absolute atomic E-state index is 0.0746. The highest BCUT2D eigenvalue weighted by Crippen LogP contribution is 2.34. The van der Waals surface area contributed by atoms with Crippen LogP contribution in [0.1, 0.15) is 54.6 Å². The number of fused-ring (bicyclic) bond motifs is 1. The van der Waals surface area contributed by atoms with Crippen molar-refractivity contribution >= 4 is 11.9 Å². The largest absolute Gasteiger partial charge is 0.480 e. The molecule has 2 rings (SSSR count). The van der Waals surface area contributed by atoms with Gasteiger partial charge in [0, 0.05) is 0 Å². The van der Waals surface area contributed by atoms with Crippen LogP contribution in [0.2, 0.25) is 0 Å². The molecule has 0 fully saturated rings. The Morgan fingerprint density at radius 3 is 2.62 bits per heavy atom. The van der Waals surface area contributed by atoms with Gasteiger partial charge in [-0.25, -0.2) is 9.18 Å². The van der Waals surface area contributed by atoms with Gasteiger partial charge in [-0.2, -0.15) is 0 Å². The van der Waals surface area contributed by atoms with Crippen molar-refractivity contribution in [3.8, 4) is 0 Å². The molecule has 0 heterocycles. The highest BCUT2D eigenvalue weighted by molar-refractivity contribution is 5.97. The van der Waals surface area contributed by atoms with Crippen molar-refractivity contribution in [3.63, 3.8) is 0 Å². The van der Waals surface area contributed by atoms with E-state index in [-0.39, 0.29) is 11.5 Å². The van der Waals surface area contributed by atoms with E-state index in [2.05, 4.69) is 5.32 Å². The third-order valence-corrected chi connectivity index (χ3v) is 4.07. The molecular weight excluding hydrogens is 273 g/mol. The molecule has 0 bridgehead atoms. The molecule has 0 spiro atoms. The van der Waals surface area contributed by atoms with Gasteiger partial charge >= 0.3 is 5.97 Å². The first-order valence-corrected chi connectivity index (χ1v) is 7.17. The van der Waals surface area contributed by atoms with E-state index >= 15 is 0 Å². The fraction of sp³-hybridized carbons (Fsp3) is 0.500. The van der Waals surface area contributed by atoms with Crippen LogP contribution in [-0.2, 0) is 11.2 Å². The lowest BCUT2D eigenvalue weighted by molar-refractivity contribution is -0.140. The summed E-state index contributed by atoms with van der Waals surface area (Å²) in [7, 11) is 0. The van der Waals surface area contributed by atoms with Gasteiger partial charge in [-0.3, -0.25) is 4.79 Å². The predicted molar refractivity (Wildman–Crippen MR) is 76.9 cm³/mol. The Balaban J connectivity index is 2.28. The molecule has 0 aromatic heterocycles. The maximum Gasteiger partial charge on any atom is 0.326 e.